The van der Waals surface area contributed by atoms with Gasteiger partial charge in [0.25, 0.3) is 0 Å². The Labute approximate surface area is 123 Å². The first-order valence-electron chi connectivity index (χ1n) is 6.60. The van der Waals surface area contributed by atoms with E-state index in [0.717, 1.165) is 12.0 Å². The van der Waals surface area contributed by atoms with Gasteiger partial charge in [-0.2, -0.15) is 0 Å². The Morgan fingerprint density at radius 2 is 2.00 bits per heavy atom. The number of aryl methyl sites for hydroxylation is 2. The Balaban J connectivity index is 2.30. The molecule has 1 heterocycles. The summed E-state index contributed by atoms with van der Waals surface area (Å²) in [5.41, 5.74) is 1.71. The van der Waals surface area contributed by atoms with Gasteiger partial charge in [0.05, 0.1) is 18.4 Å². The number of hydrogen-bond donors (Lipinski definition) is 1. The summed E-state index contributed by atoms with van der Waals surface area (Å²) in [6.45, 7) is 3.69. The Bertz CT molecular complexity index is 667. The molecule has 0 aliphatic heterocycles. The maximum Gasteiger partial charge on any atom is 0.337 e. The average Bonchev–Trinajstić information content (AvgIpc) is 2.47. The molecule has 5 nitrogen and oxygen atoms in total. The summed E-state index contributed by atoms with van der Waals surface area (Å²) in [5, 5.41) is 8.99. The standard InChI is InChI=1S/C16H17NO4/c1-4-11-5-7-13(14(9-11)20-3)21-15-8-6-12(16(18)19)10(2)17-15/h5-9H,4H2,1-3H3,(H,18,19). The van der Waals surface area contributed by atoms with Crippen molar-refractivity contribution in [3.8, 4) is 17.4 Å². The number of hydrogen-bond acceptors (Lipinski definition) is 4. The minimum atomic E-state index is -1.00. The summed E-state index contributed by atoms with van der Waals surface area (Å²) in [7, 11) is 1.58. The van der Waals surface area contributed by atoms with Crippen molar-refractivity contribution in [2.45, 2.75) is 20.3 Å². The molecule has 0 spiro atoms. The Morgan fingerprint density at radius 3 is 2.57 bits per heavy atom. The molecule has 0 aliphatic rings. The Hall–Kier alpha value is -2.56. The van der Waals surface area contributed by atoms with Gasteiger partial charge in [0.15, 0.2) is 11.5 Å². The zero-order valence-electron chi connectivity index (χ0n) is 12.2. The number of aromatic carboxylic acids is 1. The number of carbonyl (C=O) groups is 1. The second kappa shape index (κ2) is 6.26. The number of pyridine rings is 1. The van der Waals surface area contributed by atoms with Crippen molar-refractivity contribution in [3.05, 3.63) is 47.2 Å². The van der Waals surface area contributed by atoms with E-state index in [0.29, 0.717) is 23.1 Å². The van der Waals surface area contributed by atoms with E-state index in [9.17, 15) is 4.79 Å². The highest BCUT2D eigenvalue weighted by molar-refractivity contribution is 5.88. The highest BCUT2D eigenvalue weighted by atomic mass is 16.5. The lowest BCUT2D eigenvalue weighted by Crippen LogP contribution is -2.02. The minimum Gasteiger partial charge on any atom is -0.493 e. The van der Waals surface area contributed by atoms with Gasteiger partial charge in [-0.1, -0.05) is 13.0 Å². The summed E-state index contributed by atoms with van der Waals surface area (Å²) in [5.74, 6) is 0.497. The van der Waals surface area contributed by atoms with Crippen LogP contribution < -0.4 is 9.47 Å². The Kier molecular flexibility index (Phi) is 4.42. The van der Waals surface area contributed by atoms with Crippen LogP contribution in [0.3, 0.4) is 0 Å². The molecular weight excluding hydrogens is 270 g/mol. The monoisotopic (exact) mass is 287 g/mol. The van der Waals surface area contributed by atoms with Crippen LogP contribution in [0.5, 0.6) is 17.4 Å². The zero-order chi connectivity index (χ0) is 15.4. The zero-order valence-corrected chi connectivity index (χ0v) is 12.2. The van der Waals surface area contributed by atoms with E-state index >= 15 is 0 Å². The number of carboxylic acid groups (broad SMARTS) is 1. The third kappa shape index (κ3) is 3.31. The van der Waals surface area contributed by atoms with E-state index in [2.05, 4.69) is 11.9 Å². The molecular formula is C16H17NO4. The molecule has 0 radical (unpaired) electrons. The van der Waals surface area contributed by atoms with Gasteiger partial charge in [0.1, 0.15) is 0 Å². The van der Waals surface area contributed by atoms with Crippen molar-refractivity contribution in [1.29, 1.82) is 0 Å². The first-order valence-corrected chi connectivity index (χ1v) is 6.60. The predicted molar refractivity (Wildman–Crippen MR) is 78.4 cm³/mol. The molecule has 21 heavy (non-hydrogen) atoms. The highest BCUT2D eigenvalue weighted by Crippen LogP contribution is 2.32. The first-order chi connectivity index (χ1) is 10.0. The van der Waals surface area contributed by atoms with Crippen LogP contribution in [0.4, 0.5) is 0 Å². The lowest BCUT2D eigenvalue weighted by atomic mass is 10.1. The van der Waals surface area contributed by atoms with Crippen molar-refractivity contribution >= 4 is 5.97 Å². The molecule has 0 bridgehead atoms. The minimum absolute atomic E-state index is 0.163. The summed E-state index contributed by atoms with van der Waals surface area (Å²) in [6, 6.07) is 8.69. The van der Waals surface area contributed by atoms with Crippen LogP contribution in [0, 0.1) is 6.92 Å². The van der Waals surface area contributed by atoms with E-state index in [-0.39, 0.29) is 5.56 Å². The topological polar surface area (TPSA) is 68.7 Å². The van der Waals surface area contributed by atoms with Crippen LogP contribution in [-0.4, -0.2) is 23.2 Å². The normalized spacial score (nSPS) is 10.2. The van der Waals surface area contributed by atoms with Gasteiger partial charge in [0, 0.05) is 6.07 Å². The molecule has 0 fully saturated rings. The van der Waals surface area contributed by atoms with Crippen molar-refractivity contribution in [1.82, 2.24) is 4.98 Å². The van der Waals surface area contributed by atoms with Crippen molar-refractivity contribution in [3.63, 3.8) is 0 Å². The molecule has 2 aromatic rings. The van der Waals surface area contributed by atoms with Crippen LogP contribution in [0.15, 0.2) is 30.3 Å². The van der Waals surface area contributed by atoms with E-state index in [1.807, 2.05) is 18.2 Å². The molecule has 2 rings (SSSR count). The van der Waals surface area contributed by atoms with Crippen LogP contribution in [-0.2, 0) is 6.42 Å². The van der Waals surface area contributed by atoms with Gasteiger partial charge in [-0.3, -0.25) is 0 Å². The van der Waals surface area contributed by atoms with Crippen LogP contribution in [0.2, 0.25) is 0 Å². The molecule has 1 aromatic carbocycles. The van der Waals surface area contributed by atoms with Gasteiger partial charge in [0.2, 0.25) is 5.88 Å². The average molecular weight is 287 g/mol. The second-order valence-electron chi connectivity index (χ2n) is 4.53. The third-order valence-corrected chi connectivity index (χ3v) is 3.14. The SMILES string of the molecule is CCc1ccc(Oc2ccc(C(=O)O)c(C)n2)c(OC)c1. The fraction of sp³-hybridized carbons (Fsp3) is 0.250. The summed E-state index contributed by atoms with van der Waals surface area (Å²) < 4.78 is 11.0. The van der Waals surface area contributed by atoms with Crippen molar-refractivity contribution < 1.29 is 19.4 Å². The number of ether oxygens (including phenoxy) is 2. The molecule has 1 N–H and O–H groups in total. The maximum absolute atomic E-state index is 11.0. The molecule has 0 saturated heterocycles. The van der Waals surface area contributed by atoms with Crippen LogP contribution >= 0.6 is 0 Å². The van der Waals surface area contributed by atoms with E-state index in [4.69, 9.17) is 14.6 Å². The van der Waals surface area contributed by atoms with Crippen LogP contribution in [0.25, 0.3) is 0 Å². The van der Waals surface area contributed by atoms with Gasteiger partial charge < -0.3 is 14.6 Å². The molecule has 5 heteroatoms. The van der Waals surface area contributed by atoms with E-state index in [1.165, 1.54) is 12.1 Å². The molecule has 0 atom stereocenters. The Morgan fingerprint density at radius 1 is 1.24 bits per heavy atom. The maximum atomic E-state index is 11.0. The number of nitrogens with zero attached hydrogens (tertiary/aromatic N) is 1. The third-order valence-electron chi connectivity index (χ3n) is 3.14. The van der Waals surface area contributed by atoms with Gasteiger partial charge in [-0.15, -0.1) is 0 Å². The van der Waals surface area contributed by atoms with Crippen LogP contribution in [0.1, 0.15) is 28.5 Å². The molecule has 0 unspecified atom stereocenters. The number of methoxy groups -OCH3 is 1. The van der Waals surface area contributed by atoms with Crippen molar-refractivity contribution in [2.24, 2.45) is 0 Å². The quantitative estimate of drug-likeness (QED) is 0.912. The summed E-state index contributed by atoms with van der Waals surface area (Å²) in [6.07, 6.45) is 0.904. The number of rotatable bonds is 5. The molecule has 110 valence electrons. The molecule has 0 saturated carbocycles. The van der Waals surface area contributed by atoms with Gasteiger partial charge in [-0.25, -0.2) is 9.78 Å². The largest absolute Gasteiger partial charge is 0.493 e. The highest BCUT2D eigenvalue weighted by Gasteiger charge is 2.11. The van der Waals surface area contributed by atoms with E-state index in [1.54, 1.807) is 14.0 Å². The summed E-state index contributed by atoms with van der Waals surface area (Å²) >= 11 is 0. The molecule has 0 amide bonds. The summed E-state index contributed by atoms with van der Waals surface area (Å²) in [4.78, 5) is 15.1. The fourth-order valence-corrected chi connectivity index (χ4v) is 1.95. The smallest absolute Gasteiger partial charge is 0.337 e. The van der Waals surface area contributed by atoms with E-state index < -0.39 is 5.97 Å². The lowest BCUT2D eigenvalue weighted by molar-refractivity contribution is 0.0695. The number of aromatic nitrogens is 1. The van der Waals surface area contributed by atoms with Crippen molar-refractivity contribution in [2.75, 3.05) is 7.11 Å². The number of carboxylic acids is 1. The first kappa shape index (κ1) is 14.8. The lowest BCUT2D eigenvalue weighted by Gasteiger charge is -2.11. The molecule has 0 aliphatic carbocycles. The number of benzene rings is 1. The van der Waals surface area contributed by atoms with Gasteiger partial charge >= 0.3 is 5.97 Å². The molecule has 1 aromatic heterocycles. The second-order valence-corrected chi connectivity index (χ2v) is 4.53. The predicted octanol–water partition coefficient (Wildman–Crippen LogP) is 3.45. The fourth-order valence-electron chi connectivity index (χ4n) is 1.95. The van der Waals surface area contributed by atoms with Gasteiger partial charge in [-0.05, 0) is 37.1 Å².